The SMILES string of the molecule is O=C1CN(C(=O)S)Cc2[nH]c(-c3ccncc3OCC(F)F)c(Nc3ccccc3)c21. The summed E-state index contributed by atoms with van der Waals surface area (Å²) in [6.07, 6.45) is 0.195. The largest absolute Gasteiger partial charge is 0.485 e. The number of anilines is 2. The molecule has 0 saturated carbocycles. The van der Waals surface area contributed by atoms with Gasteiger partial charge in [-0.25, -0.2) is 8.78 Å². The van der Waals surface area contributed by atoms with Crippen LogP contribution in [0.1, 0.15) is 16.1 Å². The van der Waals surface area contributed by atoms with E-state index in [1.165, 1.54) is 17.3 Å². The molecule has 0 fully saturated rings. The smallest absolute Gasteiger partial charge is 0.279 e. The normalized spacial score (nSPS) is 13.3. The summed E-state index contributed by atoms with van der Waals surface area (Å²) < 4.78 is 30.7. The van der Waals surface area contributed by atoms with Crippen LogP contribution < -0.4 is 10.1 Å². The molecule has 7 nitrogen and oxygen atoms in total. The zero-order valence-electron chi connectivity index (χ0n) is 16.1. The van der Waals surface area contributed by atoms with Gasteiger partial charge in [0.15, 0.2) is 5.78 Å². The van der Waals surface area contributed by atoms with E-state index in [1.54, 1.807) is 6.07 Å². The summed E-state index contributed by atoms with van der Waals surface area (Å²) in [5.41, 5.74) is 3.06. The molecule has 160 valence electrons. The number of pyridine rings is 1. The summed E-state index contributed by atoms with van der Waals surface area (Å²) in [4.78, 5) is 33.1. The molecule has 0 atom stereocenters. The number of nitrogens with one attached hydrogen (secondary N) is 2. The van der Waals surface area contributed by atoms with Gasteiger partial charge < -0.3 is 19.9 Å². The molecule has 2 aromatic heterocycles. The number of para-hydroxylation sites is 1. The van der Waals surface area contributed by atoms with Crippen molar-refractivity contribution < 1.29 is 23.1 Å². The zero-order valence-corrected chi connectivity index (χ0v) is 17.0. The maximum Gasteiger partial charge on any atom is 0.279 e. The standard InChI is InChI=1S/C21H18F2N4O3S/c22-17(23)11-30-16-8-24-7-6-13(16)19-20(25-12-4-2-1-3-5-12)18-14(26-19)9-27(21(29)31)10-15(18)28/h1-8,17,25-26H,9-11H2,(H,29,31). The minimum Gasteiger partial charge on any atom is -0.485 e. The Morgan fingerprint density at radius 3 is 2.74 bits per heavy atom. The molecule has 0 bridgehead atoms. The zero-order chi connectivity index (χ0) is 22.0. The second-order valence-electron chi connectivity index (χ2n) is 6.86. The molecule has 10 heteroatoms. The average molecular weight is 444 g/mol. The van der Waals surface area contributed by atoms with Crippen molar-refractivity contribution in [1.82, 2.24) is 14.9 Å². The number of aromatic nitrogens is 2. The minimum absolute atomic E-state index is 0.110. The van der Waals surface area contributed by atoms with Crippen LogP contribution in [0.25, 0.3) is 11.3 Å². The van der Waals surface area contributed by atoms with E-state index < -0.39 is 18.3 Å². The Labute approximate surface area is 181 Å². The highest BCUT2D eigenvalue weighted by Crippen LogP contribution is 2.41. The van der Waals surface area contributed by atoms with Crippen LogP contribution in [0, 0.1) is 0 Å². The number of H-pyrrole nitrogens is 1. The van der Waals surface area contributed by atoms with Crippen molar-refractivity contribution in [2.75, 3.05) is 18.5 Å². The number of Topliss-reactive ketones (excluding diaryl/α,β-unsaturated/α-hetero) is 1. The van der Waals surface area contributed by atoms with Gasteiger partial charge in [0.1, 0.15) is 12.4 Å². The summed E-state index contributed by atoms with van der Waals surface area (Å²) >= 11 is 3.83. The second-order valence-corrected chi connectivity index (χ2v) is 7.24. The monoisotopic (exact) mass is 444 g/mol. The predicted molar refractivity (Wildman–Crippen MR) is 114 cm³/mol. The fraction of sp³-hybridized carbons (Fsp3) is 0.190. The number of hydrogen-bond acceptors (Lipinski definition) is 5. The fourth-order valence-corrected chi connectivity index (χ4v) is 3.60. The van der Waals surface area contributed by atoms with E-state index in [2.05, 4.69) is 27.9 Å². The molecule has 3 aromatic rings. The van der Waals surface area contributed by atoms with Crippen LogP contribution in [0.5, 0.6) is 5.75 Å². The van der Waals surface area contributed by atoms with Crippen molar-refractivity contribution in [3.63, 3.8) is 0 Å². The van der Waals surface area contributed by atoms with E-state index in [9.17, 15) is 18.4 Å². The quantitative estimate of drug-likeness (QED) is 0.487. The molecule has 0 spiro atoms. The molecule has 0 aliphatic carbocycles. The van der Waals surface area contributed by atoms with Crippen LogP contribution in [-0.4, -0.2) is 45.5 Å². The highest BCUT2D eigenvalue weighted by atomic mass is 32.1. The Bertz CT molecular complexity index is 1120. The predicted octanol–water partition coefficient (Wildman–Crippen LogP) is 4.51. The van der Waals surface area contributed by atoms with Crippen molar-refractivity contribution in [1.29, 1.82) is 0 Å². The summed E-state index contributed by atoms with van der Waals surface area (Å²) in [5.74, 6) is -0.124. The maximum atomic E-state index is 12.9. The molecular formula is C21H18F2N4O3S. The molecule has 0 unspecified atom stereocenters. The molecule has 31 heavy (non-hydrogen) atoms. The lowest BCUT2D eigenvalue weighted by molar-refractivity contribution is 0.0820. The maximum absolute atomic E-state index is 12.9. The number of carbonyl (C=O) groups excluding carboxylic acids is 2. The fourth-order valence-electron chi connectivity index (χ4n) is 3.46. The lowest BCUT2D eigenvalue weighted by Gasteiger charge is -2.24. The molecule has 0 saturated heterocycles. The van der Waals surface area contributed by atoms with Gasteiger partial charge in [-0.05, 0) is 18.2 Å². The van der Waals surface area contributed by atoms with Crippen molar-refractivity contribution in [2.24, 2.45) is 0 Å². The molecule has 1 aromatic carbocycles. The molecular weight excluding hydrogens is 426 g/mol. The van der Waals surface area contributed by atoms with Crippen LogP contribution in [0.4, 0.5) is 25.0 Å². The van der Waals surface area contributed by atoms with Crippen LogP contribution >= 0.6 is 12.6 Å². The van der Waals surface area contributed by atoms with E-state index in [4.69, 9.17) is 4.74 Å². The summed E-state index contributed by atoms with van der Waals surface area (Å²) in [6, 6.07) is 10.8. The van der Waals surface area contributed by atoms with Crippen LogP contribution in [-0.2, 0) is 6.54 Å². The van der Waals surface area contributed by atoms with E-state index >= 15 is 0 Å². The first kappa shape index (κ1) is 20.9. The summed E-state index contributed by atoms with van der Waals surface area (Å²) in [5, 5.41) is 2.73. The number of carbonyl (C=O) groups is 2. The molecule has 1 aliphatic rings. The van der Waals surface area contributed by atoms with E-state index in [0.29, 0.717) is 28.2 Å². The number of nitrogens with zero attached hydrogens (tertiary/aromatic N) is 2. The third-order valence-corrected chi connectivity index (χ3v) is 5.06. The number of amides is 1. The van der Waals surface area contributed by atoms with E-state index in [1.807, 2.05) is 30.3 Å². The van der Waals surface area contributed by atoms with Gasteiger partial charge in [0.25, 0.3) is 11.7 Å². The van der Waals surface area contributed by atoms with Gasteiger partial charge in [-0.15, -0.1) is 0 Å². The van der Waals surface area contributed by atoms with Crippen molar-refractivity contribution in [3.05, 3.63) is 60.0 Å². The molecule has 1 amide bonds. The first-order chi connectivity index (χ1) is 14.9. The van der Waals surface area contributed by atoms with Crippen LogP contribution in [0.15, 0.2) is 48.8 Å². The van der Waals surface area contributed by atoms with E-state index in [0.717, 1.165) is 5.69 Å². The highest BCUT2D eigenvalue weighted by molar-refractivity contribution is 7.96. The first-order valence-electron chi connectivity index (χ1n) is 9.37. The van der Waals surface area contributed by atoms with Crippen molar-refractivity contribution in [3.8, 4) is 17.0 Å². The Balaban J connectivity index is 1.84. The van der Waals surface area contributed by atoms with Crippen molar-refractivity contribution in [2.45, 2.75) is 13.0 Å². The number of alkyl halides is 2. The number of hydrogen-bond donors (Lipinski definition) is 3. The number of ketones is 1. The van der Waals surface area contributed by atoms with Gasteiger partial charge in [0.2, 0.25) is 0 Å². The lowest BCUT2D eigenvalue weighted by Crippen LogP contribution is -2.36. The molecule has 0 radical (unpaired) electrons. The average Bonchev–Trinajstić information content (AvgIpc) is 3.11. The Morgan fingerprint density at radius 2 is 2.03 bits per heavy atom. The van der Waals surface area contributed by atoms with Crippen LogP contribution in [0.2, 0.25) is 0 Å². The minimum atomic E-state index is -2.65. The molecule has 2 N–H and O–H groups in total. The van der Waals surface area contributed by atoms with Crippen LogP contribution in [0.3, 0.4) is 0 Å². The molecule has 3 heterocycles. The van der Waals surface area contributed by atoms with Gasteiger partial charge in [-0.3, -0.25) is 14.6 Å². The van der Waals surface area contributed by atoms with Gasteiger partial charge in [0.05, 0.1) is 36.2 Å². The molecule has 1 aliphatic heterocycles. The number of halogens is 2. The first-order valence-corrected chi connectivity index (χ1v) is 9.82. The third kappa shape index (κ3) is 4.38. The van der Waals surface area contributed by atoms with E-state index in [-0.39, 0.29) is 24.6 Å². The number of benzene rings is 1. The Hall–Kier alpha value is -3.40. The van der Waals surface area contributed by atoms with Gasteiger partial charge in [-0.1, -0.05) is 30.8 Å². The topological polar surface area (TPSA) is 87.3 Å². The lowest BCUT2D eigenvalue weighted by atomic mass is 10.0. The van der Waals surface area contributed by atoms with Gasteiger partial charge in [0, 0.05) is 23.1 Å². The Morgan fingerprint density at radius 1 is 1.26 bits per heavy atom. The molecule has 4 rings (SSSR count). The van der Waals surface area contributed by atoms with Gasteiger partial charge in [-0.2, -0.15) is 0 Å². The summed E-state index contributed by atoms with van der Waals surface area (Å²) in [6.45, 7) is -0.742. The number of fused-ring (bicyclic) bond motifs is 1. The summed E-state index contributed by atoms with van der Waals surface area (Å²) in [7, 11) is 0. The number of ether oxygens (including phenoxy) is 1. The second kappa shape index (κ2) is 8.76. The number of aromatic amines is 1. The van der Waals surface area contributed by atoms with Crippen molar-refractivity contribution >= 4 is 35.0 Å². The third-order valence-electron chi connectivity index (χ3n) is 4.77. The van der Waals surface area contributed by atoms with Gasteiger partial charge >= 0.3 is 0 Å². The number of rotatable bonds is 6. The highest BCUT2D eigenvalue weighted by Gasteiger charge is 2.32. The Kier molecular flexibility index (Phi) is 5.90. The number of thiol groups is 1.